The van der Waals surface area contributed by atoms with Gasteiger partial charge >= 0.3 is 0 Å². The molecule has 0 N–H and O–H groups in total. The predicted octanol–water partition coefficient (Wildman–Crippen LogP) is 1.81. The first-order valence-electron chi connectivity index (χ1n) is 4.91. The maximum atomic E-state index is 11.4. The van der Waals surface area contributed by atoms with Gasteiger partial charge in [0.25, 0.3) is 0 Å². The molecule has 0 radical (unpaired) electrons. The van der Waals surface area contributed by atoms with E-state index in [0.29, 0.717) is 6.42 Å². The highest BCUT2D eigenvalue weighted by atomic mass is 16.1. The molecule has 0 saturated carbocycles. The number of carbonyl (C=O) groups excluding carboxylic acids is 1. The number of hydrogen-bond donors (Lipinski definition) is 0. The first-order valence-corrected chi connectivity index (χ1v) is 4.91. The molecule has 0 fully saturated rings. The Kier molecular flexibility index (Phi) is 2.17. The largest absolute Gasteiger partial charge is 0.294 e. The third-order valence-electron chi connectivity index (χ3n) is 2.50. The molecule has 1 aliphatic carbocycles. The van der Waals surface area contributed by atoms with E-state index in [9.17, 15) is 4.79 Å². The van der Waals surface area contributed by atoms with Crippen molar-refractivity contribution in [3.8, 4) is 0 Å². The Bertz CT molecular complexity index is 328. The Morgan fingerprint density at radius 1 is 1.54 bits per heavy atom. The number of rotatable bonds is 2. The van der Waals surface area contributed by atoms with Crippen molar-refractivity contribution in [3.63, 3.8) is 0 Å². The van der Waals surface area contributed by atoms with Crippen molar-refractivity contribution >= 4 is 5.78 Å². The molecule has 1 aliphatic rings. The summed E-state index contributed by atoms with van der Waals surface area (Å²) in [6.45, 7) is 3.06. The van der Waals surface area contributed by atoms with Gasteiger partial charge in [0.2, 0.25) is 0 Å². The molecule has 3 nitrogen and oxygen atoms in total. The maximum absolute atomic E-state index is 11.4. The quantitative estimate of drug-likeness (QED) is 0.692. The average Bonchev–Trinajstić information content (AvgIpc) is 2.51. The van der Waals surface area contributed by atoms with Gasteiger partial charge in [-0.15, -0.1) is 0 Å². The molecule has 70 valence electrons. The molecule has 0 spiro atoms. The van der Waals surface area contributed by atoms with Crippen LogP contribution in [0.25, 0.3) is 0 Å². The summed E-state index contributed by atoms with van der Waals surface area (Å²) in [5, 5.41) is 4.23. The second-order valence-corrected chi connectivity index (χ2v) is 3.50. The molecular weight excluding hydrogens is 164 g/mol. The standard InChI is InChI=1S/C10H14N2O/c1-2-6-12-9-4-3-5-10(13)8(9)7-11-12/h7H,2-6H2,1H3. The molecule has 0 aliphatic heterocycles. The van der Waals surface area contributed by atoms with E-state index < -0.39 is 0 Å². The molecule has 0 bridgehead atoms. The van der Waals surface area contributed by atoms with Crippen LogP contribution in [-0.4, -0.2) is 15.6 Å². The summed E-state index contributed by atoms with van der Waals surface area (Å²) in [7, 11) is 0. The molecule has 13 heavy (non-hydrogen) atoms. The van der Waals surface area contributed by atoms with Crippen LogP contribution in [0.5, 0.6) is 0 Å². The number of aromatic nitrogens is 2. The van der Waals surface area contributed by atoms with Gasteiger partial charge in [0.05, 0.1) is 11.8 Å². The summed E-state index contributed by atoms with van der Waals surface area (Å²) in [6, 6.07) is 0. The van der Waals surface area contributed by atoms with Gasteiger partial charge in [-0.1, -0.05) is 6.92 Å². The minimum absolute atomic E-state index is 0.267. The second kappa shape index (κ2) is 3.32. The van der Waals surface area contributed by atoms with E-state index in [1.54, 1.807) is 6.20 Å². The van der Waals surface area contributed by atoms with Crippen LogP contribution in [0.2, 0.25) is 0 Å². The predicted molar refractivity (Wildman–Crippen MR) is 49.8 cm³/mol. The summed E-state index contributed by atoms with van der Waals surface area (Å²) < 4.78 is 1.98. The van der Waals surface area contributed by atoms with Crippen molar-refractivity contribution in [2.45, 2.75) is 39.2 Å². The molecule has 0 amide bonds. The van der Waals surface area contributed by atoms with Gasteiger partial charge in [-0.05, 0) is 19.3 Å². The molecule has 3 heteroatoms. The van der Waals surface area contributed by atoms with Crippen molar-refractivity contribution in [1.82, 2.24) is 9.78 Å². The highest BCUT2D eigenvalue weighted by molar-refractivity contribution is 5.97. The van der Waals surface area contributed by atoms with E-state index in [0.717, 1.165) is 37.1 Å². The molecule has 0 saturated heterocycles. The maximum Gasteiger partial charge on any atom is 0.166 e. The van der Waals surface area contributed by atoms with E-state index in [2.05, 4.69) is 12.0 Å². The highest BCUT2D eigenvalue weighted by Gasteiger charge is 2.20. The van der Waals surface area contributed by atoms with Gasteiger partial charge in [0.15, 0.2) is 5.78 Å². The number of ketones is 1. The fraction of sp³-hybridized carbons (Fsp3) is 0.600. The average molecular weight is 178 g/mol. The highest BCUT2D eigenvalue weighted by Crippen LogP contribution is 2.20. The zero-order valence-corrected chi connectivity index (χ0v) is 7.92. The number of carbonyl (C=O) groups is 1. The van der Waals surface area contributed by atoms with Crippen LogP contribution < -0.4 is 0 Å². The van der Waals surface area contributed by atoms with Gasteiger partial charge in [0, 0.05) is 18.7 Å². The van der Waals surface area contributed by atoms with E-state index in [-0.39, 0.29) is 5.78 Å². The zero-order chi connectivity index (χ0) is 9.26. The molecule has 0 unspecified atom stereocenters. The minimum atomic E-state index is 0.267. The number of fused-ring (bicyclic) bond motifs is 1. The van der Waals surface area contributed by atoms with Gasteiger partial charge in [-0.2, -0.15) is 5.10 Å². The fourth-order valence-corrected chi connectivity index (χ4v) is 1.86. The third-order valence-corrected chi connectivity index (χ3v) is 2.50. The monoisotopic (exact) mass is 178 g/mol. The SMILES string of the molecule is CCCn1ncc2c1CCCC2=O. The van der Waals surface area contributed by atoms with Crippen LogP contribution in [0.3, 0.4) is 0 Å². The summed E-state index contributed by atoms with van der Waals surface area (Å²) in [4.78, 5) is 11.4. The number of nitrogens with zero attached hydrogens (tertiary/aromatic N) is 2. The molecule has 1 heterocycles. The molecular formula is C10H14N2O. The van der Waals surface area contributed by atoms with Crippen LogP contribution >= 0.6 is 0 Å². The molecule has 1 aromatic rings. The summed E-state index contributed by atoms with van der Waals surface area (Å²) in [6.07, 6.45) is 5.50. The summed E-state index contributed by atoms with van der Waals surface area (Å²) in [5.74, 6) is 0.267. The van der Waals surface area contributed by atoms with Gasteiger partial charge < -0.3 is 0 Å². The lowest BCUT2D eigenvalue weighted by molar-refractivity contribution is 0.0972. The lowest BCUT2D eigenvalue weighted by Crippen LogP contribution is -2.13. The van der Waals surface area contributed by atoms with Crippen LogP contribution in [0.15, 0.2) is 6.20 Å². The molecule has 2 rings (SSSR count). The van der Waals surface area contributed by atoms with E-state index >= 15 is 0 Å². The topological polar surface area (TPSA) is 34.9 Å². The number of Topliss-reactive ketones (excluding diaryl/α,β-unsaturated/α-hetero) is 1. The first kappa shape index (κ1) is 8.48. The van der Waals surface area contributed by atoms with Crippen molar-refractivity contribution in [1.29, 1.82) is 0 Å². The second-order valence-electron chi connectivity index (χ2n) is 3.50. The molecule has 1 aromatic heterocycles. The van der Waals surface area contributed by atoms with Crippen molar-refractivity contribution < 1.29 is 4.79 Å². The van der Waals surface area contributed by atoms with Crippen LogP contribution in [0.4, 0.5) is 0 Å². The Morgan fingerprint density at radius 3 is 3.15 bits per heavy atom. The third kappa shape index (κ3) is 1.39. The Balaban J connectivity index is 2.36. The lowest BCUT2D eigenvalue weighted by atomic mass is 9.97. The van der Waals surface area contributed by atoms with Crippen molar-refractivity contribution in [3.05, 3.63) is 17.5 Å². The minimum Gasteiger partial charge on any atom is -0.294 e. The van der Waals surface area contributed by atoms with Gasteiger partial charge in [0.1, 0.15) is 0 Å². The Morgan fingerprint density at radius 2 is 2.38 bits per heavy atom. The van der Waals surface area contributed by atoms with Gasteiger partial charge in [-0.25, -0.2) is 0 Å². The number of hydrogen-bond acceptors (Lipinski definition) is 2. The van der Waals surface area contributed by atoms with Crippen molar-refractivity contribution in [2.24, 2.45) is 0 Å². The van der Waals surface area contributed by atoms with E-state index in [1.807, 2.05) is 4.68 Å². The Hall–Kier alpha value is -1.12. The fourth-order valence-electron chi connectivity index (χ4n) is 1.86. The van der Waals surface area contributed by atoms with Crippen molar-refractivity contribution in [2.75, 3.05) is 0 Å². The Labute approximate surface area is 77.7 Å². The van der Waals surface area contributed by atoms with E-state index in [4.69, 9.17) is 0 Å². The van der Waals surface area contributed by atoms with Crippen LogP contribution in [0.1, 0.15) is 42.2 Å². The van der Waals surface area contributed by atoms with Gasteiger partial charge in [-0.3, -0.25) is 9.48 Å². The normalized spacial score (nSPS) is 15.9. The summed E-state index contributed by atoms with van der Waals surface area (Å²) >= 11 is 0. The zero-order valence-electron chi connectivity index (χ0n) is 7.92. The first-order chi connectivity index (χ1) is 6.33. The summed E-state index contributed by atoms with van der Waals surface area (Å²) in [5.41, 5.74) is 2.01. The number of aryl methyl sites for hydroxylation is 1. The van der Waals surface area contributed by atoms with Crippen LogP contribution in [0, 0.1) is 0 Å². The van der Waals surface area contributed by atoms with E-state index in [1.165, 1.54) is 0 Å². The molecule has 0 aromatic carbocycles. The molecule has 0 atom stereocenters. The smallest absolute Gasteiger partial charge is 0.166 e. The van der Waals surface area contributed by atoms with Crippen LogP contribution in [-0.2, 0) is 13.0 Å². The lowest BCUT2D eigenvalue weighted by Gasteiger charge is -2.12.